The van der Waals surface area contributed by atoms with Crippen molar-refractivity contribution in [3.63, 3.8) is 0 Å². The first-order valence-corrected chi connectivity index (χ1v) is 5.30. The summed E-state index contributed by atoms with van der Waals surface area (Å²) in [5, 5.41) is 0. The van der Waals surface area contributed by atoms with Crippen molar-refractivity contribution in [2.24, 2.45) is 0 Å². The average molecular weight is 203 g/mol. The monoisotopic (exact) mass is 203 g/mol. The van der Waals surface area contributed by atoms with Crippen LogP contribution in [0.3, 0.4) is 0 Å². The molecule has 1 saturated heterocycles. The number of benzene rings is 1. The molecular formula is C12H13NO2. The minimum atomic E-state index is 0.146. The quantitative estimate of drug-likeness (QED) is 0.640. The molecule has 0 radical (unpaired) electrons. The topological polar surface area (TPSA) is 29.5 Å². The van der Waals surface area contributed by atoms with Crippen molar-refractivity contribution in [2.45, 2.75) is 18.6 Å². The van der Waals surface area contributed by atoms with E-state index >= 15 is 0 Å². The van der Waals surface area contributed by atoms with Crippen LogP contribution in [0.15, 0.2) is 24.3 Å². The summed E-state index contributed by atoms with van der Waals surface area (Å²) in [7, 11) is 0. The molecule has 0 unspecified atom stereocenters. The van der Waals surface area contributed by atoms with Gasteiger partial charge < -0.3 is 9.64 Å². The Morgan fingerprint density at radius 3 is 3.13 bits per heavy atom. The molecule has 78 valence electrons. The molecule has 2 aliphatic rings. The molecule has 1 fully saturated rings. The lowest BCUT2D eigenvalue weighted by molar-refractivity contribution is -0.131. The van der Waals surface area contributed by atoms with E-state index in [1.807, 2.05) is 17.0 Å². The number of fused-ring (bicyclic) bond motifs is 3. The Kier molecular flexibility index (Phi) is 1.99. The van der Waals surface area contributed by atoms with Gasteiger partial charge in [-0.25, -0.2) is 0 Å². The van der Waals surface area contributed by atoms with Crippen LogP contribution in [-0.4, -0.2) is 30.6 Å². The lowest BCUT2D eigenvalue weighted by Gasteiger charge is -2.35. The highest BCUT2D eigenvalue weighted by Crippen LogP contribution is 2.38. The van der Waals surface area contributed by atoms with E-state index in [4.69, 9.17) is 4.74 Å². The summed E-state index contributed by atoms with van der Waals surface area (Å²) < 4.78 is 5.72. The van der Waals surface area contributed by atoms with E-state index < -0.39 is 0 Å². The zero-order valence-electron chi connectivity index (χ0n) is 8.43. The van der Waals surface area contributed by atoms with Gasteiger partial charge in [0.2, 0.25) is 6.41 Å². The molecule has 2 atom stereocenters. The van der Waals surface area contributed by atoms with Crippen LogP contribution in [0.1, 0.15) is 17.2 Å². The number of morpholine rings is 1. The van der Waals surface area contributed by atoms with E-state index in [2.05, 4.69) is 12.1 Å². The average Bonchev–Trinajstić information content (AvgIpc) is 2.67. The Hall–Kier alpha value is -1.35. The molecule has 1 aliphatic carbocycles. The van der Waals surface area contributed by atoms with Gasteiger partial charge >= 0.3 is 0 Å². The van der Waals surface area contributed by atoms with Crippen LogP contribution in [0, 0.1) is 0 Å². The smallest absolute Gasteiger partial charge is 0.210 e. The van der Waals surface area contributed by atoms with E-state index in [-0.39, 0.29) is 12.1 Å². The highest BCUT2D eigenvalue weighted by Gasteiger charge is 2.39. The number of amides is 1. The lowest BCUT2D eigenvalue weighted by atomic mass is 10.1. The number of hydrogen-bond acceptors (Lipinski definition) is 2. The molecule has 3 nitrogen and oxygen atoms in total. The molecule has 1 aromatic rings. The fraction of sp³-hybridized carbons (Fsp3) is 0.417. The third-order valence-corrected chi connectivity index (χ3v) is 3.32. The van der Waals surface area contributed by atoms with Crippen LogP contribution in [0.5, 0.6) is 0 Å². The summed E-state index contributed by atoms with van der Waals surface area (Å²) in [5.41, 5.74) is 2.58. The normalized spacial score (nSPS) is 28.4. The van der Waals surface area contributed by atoms with E-state index in [0.29, 0.717) is 13.2 Å². The highest BCUT2D eigenvalue weighted by atomic mass is 16.5. The summed E-state index contributed by atoms with van der Waals surface area (Å²) in [4.78, 5) is 12.8. The minimum Gasteiger partial charge on any atom is -0.374 e. The Morgan fingerprint density at radius 2 is 2.27 bits per heavy atom. The SMILES string of the molecule is O=CN1CCO[C@@H]2Cc3ccccc3[C@@H]21. The van der Waals surface area contributed by atoms with Crippen LogP contribution < -0.4 is 0 Å². The van der Waals surface area contributed by atoms with Gasteiger partial charge in [0.05, 0.1) is 18.8 Å². The molecule has 0 bridgehead atoms. The molecule has 0 N–H and O–H groups in total. The number of rotatable bonds is 1. The third kappa shape index (κ3) is 1.27. The molecule has 1 amide bonds. The first-order chi connectivity index (χ1) is 7.40. The van der Waals surface area contributed by atoms with Crippen LogP contribution in [0.4, 0.5) is 0 Å². The van der Waals surface area contributed by atoms with E-state index in [1.54, 1.807) is 0 Å². The van der Waals surface area contributed by atoms with Crippen molar-refractivity contribution in [3.05, 3.63) is 35.4 Å². The summed E-state index contributed by atoms with van der Waals surface area (Å²) in [6.45, 7) is 1.37. The maximum absolute atomic E-state index is 11.0. The molecular weight excluding hydrogens is 190 g/mol. The number of carbonyl (C=O) groups is 1. The molecule has 1 heterocycles. The molecule has 0 spiro atoms. The number of hydrogen-bond donors (Lipinski definition) is 0. The van der Waals surface area contributed by atoms with Gasteiger partial charge in [-0.05, 0) is 11.1 Å². The molecule has 1 aliphatic heterocycles. The summed E-state index contributed by atoms with van der Waals surface area (Å²) in [6, 6.07) is 8.44. The molecule has 3 rings (SSSR count). The first kappa shape index (κ1) is 8.92. The Balaban J connectivity index is 2.03. The number of carbonyl (C=O) groups excluding carboxylic acids is 1. The van der Waals surface area contributed by atoms with Crippen molar-refractivity contribution in [3.8, 4) is 0 Å². The molecule has 15 heavy (non-hydrogen) atoms. The summed E-state index contributed by atoms with van der Waals surface area (Å²) in [6.07, 6.45) is 2.05. The Bertz CT molecular complexity index is 391. The molecule has 0 aromatic heterocycles. The van der Waals surface area contributed by atoms with E-state index in [9.17, 15) is 4.79 Å². The second-order valence-corrected chi connectivity index (χ2v) is 4.10. The summed E-state index contributed by atoms with van der Waals surface area (Å²) in [5.74, 6) is 0. The lowest BCUT2D eigenvalue weighted by Crippen LogP contribution is -2.42. The first-order valence-electron chi connectivity index (χ1n) is 5.30. The maximum Gasteiger partial charge on any atom is 0.210 e. The van der Waals surface area contributed by atoms with Crippen molar-refractivity contribution < 1.29 is 9.53 Å². The Labute approximate surface area is 88.6 Å². The van der Waals surface area contributed by atoms with Crippen LogP contribution in [0.25, 0.3) is 0 Å². The predicted octanol–water partition coefficient (Wildman–Crippen LogP) is 1.14. The van der Waals surface area contributed by atoms with Gasteiger partial charge in [0.25, 0.3) is 0 Å². The number of ether oxygens (including phenoxy) is 1. The van der Waals surface area contributed by atoms with Gasteiger partial charge in [-0.1, -0.05) is 24.3 Å². The third-order valence-electron chi connectivity index (χ3n) is 3.32. The van der Waals surface area contributed by atoms with Crippen molar-refractivity contribution in [1.82, 2.24) is 4.90 Å². The summed E-state index contributed by atoms with van der Waals surface area (Å²) >= 11 is 0. The van der Waals surface area contributed by atoms with Gasteiger partial charge in [-0.3, -0.25) is 4.79 Å². The zero-order valence-corrected chi connectivity index (χ0v) is 8.43. The fourth-order valence-corrected chi connectivity index (χ4v) is 2.65. The minimum absolute atomic E-state index is 0.146. The van der Waals surface area contributed by atoms with Gasteiger partial charge in [0, 0.05) is 13.0 Å². The standard InChI is InChI=1S/C12H13NO2/c14-8-13-5-6-15-11-7-9-3-1-2-4-10(9)12(11)13/h1-4,8,11-12H,5-7H2/t11-,12+/m1/s1. The Morgan fingerprint density at radius 1 is 1.40 bits per heavy atom. The van der Waals surface area contributed by atoms with Gasteiger partial charge in [-0.15, -0.1) is 0 Å². The predicted molar refractivity (Wildman–Crippen MR) is 55.4 cm³/mol. The van der Waals surface area contributed by atoms with Gasteiger partial charge in [0.15, 0.2) is 0 Å². The second-order valence-electron chi connectivity index (χ2n) is 4.10. The second kappa shape index (κ2) is 3.35. The van der Waals surface area contributed by atoms with Gasteiger partial charge in [0.1, 0.15) is 0 Å². The van der Waals surface area contributed by atoms with Crippen molar-refractivity contribution >= 4 is 6.41 Å². The van der Waals surface area contributed by atoms with Crippen LogP contribution in [-0.2, 0) is 16.0 Å². The highest BCUT2D eigenvalue weighted by molar-refractivity contribution is 5.51. The molecule has 1 aromatic carbocycles. The maximum atomic E-state index is 11.0. The van der Waals surface area contributed by atoms with Gasteiger partial charge in [-0.2, -0.15) is 0 Å². The van der Waals surface area contributed by atoms with Crippen LogP contribution >= 0.6 is 0 Å². The largest absolute Gasteiger partial charge is 0.374 e. The van der Waals surface area contributed by atoms with Crippen molar-refractivity contribution in [1.29, 1.82) is 0 Å². The van der Waals surface area contributed by atoms with Crippen molar-refractivity contribution in [2.75, 3.05) is 13.2 Å². The zero-order chi connectivity index (χ0) is 10.3. The number of nitrogens with zero attached hydrogens (tertiary/aromatic N) is 1. The molecule has 0 saturated carbocycles. The van der Waals surface area contributed by atoms with E-state index in [1.165, 1.54) is 11.1 Å². The molecule has 3 heteroatoms. The van der Waals surface area contributed by atoms with E-state index in [0.717, 1.165) is 12.8 Å². The fourth-order valence-electron chi connectivity index (χ4n) is 2.65. The van der Waals surface area contributed by atoms with Crippen LogP contribution in [0.2, 0.25) is 0 Å².